The minimum atomic E-state index is -3.53. The van der Waals surface area contributed by atoms with Gasteiger partial charge >= 0.3 is 0 Å². The normalized spacial score (nSPS) is 24.1. The van der Waals surface area contributed by atoms with Crippen LogP contribution in [0.25, 0.3) is 0 Å². The SMILES string of the molecule is N[C@@H]1CN(S(=O)(=O)c2cnc[nH]2)C[C@H]1c1ccccc1. The molecular formula is C13H16N4O2S. The van der Waals surface area contributed by atoms with E-state index in [-0.39, 0.29) is 17.0 Å². The van der Waals surface area contributed by atoms with Crippen molar-refractivity contribution in [3.8, 4) is 0 Å². The van der Waals surface area contributed by atoms with Gasteiger partial charge in [0.05, 0.1) is 12.5 Å². The van der Waals surface area contributed by atoms with Gasteiger partial charge in [0.15, 0.2) is 5.03 Å². The van der Waals surface area contributed by atoms with Gasteiger partial charge in [-0.05, 0) is 5.56 Å². The number of hydrogen-bond acceptors (Lipinski definition) is 4. The van der Waals surface area contributed by atoms with E-state index in [0.29, 0.717) is 13.1 Å². The van der Waals surface area contributed by atoms with Crippen LogP contribution in [0.1, 0.15) is 11.5 Å². The summed E-state index contributed by atoms with van der Waals surface area (Å²) in [5.41, 5.74) is 7.19. The highest BCUT2D eigenvalue weighted by Crippen LogP contribution is 2.29. The number of imidazole rings is 1. The van der Waals surface area contributed by atoms with Crippen molar-refractivity contribution in [1.82, 2.24) is 14.3 Å². The van der Waals surface area contributed by atoms with Gasteiger partial charge in [0.25, 0.3) is 10.0 Å². The molecule has 0 bridgehead atoms. The summed E-state index contributed by atoms with van der Waals surface area (Å²) in [4.78, 5) is 6.41. The number of sulfonamides is 1. The Bertz CT molecular complexity index is 670. The van der Waals surface area contributed by atoms with Gasteiger partial charge in [0.1, 0.15) is 0 Å². The van der Waals surface area contributed by atoms with Crippen molar-refractivity contribution in [2.45, 2.75) is 17.0 Å². The van der Waals surface area contributed by atoms with E-state index in [1.165, 1.54) is 16.8 Å². The molecular weight excluding hydrogens is 276 g/mol. The number of nitrogens with two attached hydrogens (primary N) is 1. The average molecular weight is 292 g/mol. The maximum Gasteiger partial charge on any atom is 0.260 e. The highest BCUT2D eigenvalue weighted by atomic mass is 32.2. The predicted octanol–water partition coefficient (Wildman–Crippen LogP) is 0.525. The first-order valence-corrected chi connectivity index (χ1v) is 7.82. The van der Waals surface area contributed by atoms with Crippen LogP contribution in [-0.2, 0) is 10.0 Å². The van der Waals surface area contributed by atoms with E-state index in [2.05, 4.69) is 9.97 Å². The topological polar surface area (TPSA) is 92.1 Å². The summed E-state index contributed by atoms with van der Waals surface area (Å²) < 4.78 is 26.3. The van der Waals surface area contributed by atoms with Gasteiger partial charge in [0.2, 0.25) is 0 Å². The first kappa shape index (κ1) is 13.3. The van der Waals surface area contributed by atoms with E-state index in [4.69, 9.17) is 5.73 Å². The molecule has 2 atom stereocenters. The fraction of sp³-hybridized carbons (Fsp3) is 0.308. The molecule has 1 fully saturated rings. The van der Waals surface area contributed by atoms with Gasteiger partial charge in [-0.1, -0.05) is 30.3 Å². The third-order valence-electron chi connectivity index (χ3n) is 3.65. The summed E-state index contributed by atoms with van der Waals surface area (Å²) >= 11 is 0. The van der Waals surface area contributed by atoms with Crippen LogP contribution < -0.4 is 5.73 Å². The summed E-state index contributed by atoms with van der Waals surface area (Å²) in [5.74, 6) is 0.0221. The van der Waals surface area contributed by atoms with Gasteiger partial charge in [-0.15, -0.1) is 0 Å². The molecule has 0 amide bonds. The van der Waals surface area contributed by atoms with E-state index < -0.39 is 10.0 Å². The van der Waals surface area contributed by atoms with Crippen LogP contribution in [0.15, 0.2) is 47.9 Å². The molecule has 3 rings (SSSR count). The minimum absolute atomic E-state index is 0.0221. The molecule has 0 saturated carbocycles. The fourth-order valence-electron chi connectivity index (χ4n) is 2.56. The molecule has 2 aromatic rings. The summed E-state index contributed by atoms with van der Waals surface area (Å²) in [6, 6.07) is 9.58. The van der Waals surface area contributed by atoms with Crippen LogP contribution in [0.2, 0.25) is 0 Å². The lowest BCUT2D eigenvalue weighted by Crippen LogP contribution is -2.32. The van der Waals surface area contributed by atoms with Crippen LogP contribution >= 0.6 is 0 Å². The van der Waals surface area contributed by atoms with Crippen molar-refractivity contribution in [3.05, 3.63) is 48.4 Å². The van der Waals surface area contributed by atoms with Gasteiger partial charge in [-0.25, -0.2) is 13.4 Å². The van der Waals surface area contributed by atoms with Crippen molar-refractivity contribution < 1.29 is 8.42 Å². The number of aromatic nitrogens is 2. The molecule has 7 heteroatoms. The van der Waals surface area contributed by atoms with E-state index in [9.17, 15) is 8.42 Å². The number of hydrogen-bond donors (Lipinski definition) is 2. The number of H-pyrrole nitrogens is 1. The average Bonchev–Trinajstić information content (AvgIpc) is 3.09. The first-order valence-electron chi connectivity index (χ1n) is 6.38. The Morgan fingerprint density at radius 3 is 2.65 bits per heavy atom. The van der Waals surface area contributed by atoms with Crippen LogP contribution in [0.3, 0.4) is 0 Å². The van der Waals surface area contributed by atoms with Crippen molar-refractivity contribution in [3.63, 3.8) is 0 Å². The number of aromatic amines is 1. The van der Waals surface area contributed by atoms with Crippen LogP contribution in [0.4, 0.5) is 0 Å². The lowest BCUT2D eigenvalue weighted by atomic mass is 9.95. The van der Waals surface area contributed by atoms with Gasteiger partial charge in [0, 0.05) is 25.0 Å². The van der Waals surface area contributed by atoms with Crippen LogP contribution in [0.5, 0.6) is 0 Å². The summed E-state index contributed by atoms with van der Waals surface area (Å²) in [5, 5.41) is 0.110. The highest BCUT2D eigenvalue weighted by molar-refractivity contribution is 7.89. The largest absolute Gasteiger partial charge is 0.335 e. The fourth-order valence-corrected chi connectivity index (χ4v) is 3.96. The summed E-state index contributed by atoms with van der Waals surface area (Å²) in [6.07, 6.45) is 2.67. The number of nitrogens with one attached hydrogen (secondary N) is 1. The molecule has 1 aliphatic heterocycles. The number of nitrogens with zero attached hydrogens (tertiary/aromatic N) is 2. The maximum atomic E-state index is 12.4. The second kappa shape index (κ2) is 5.01. The summed E-state index contributed by atoms with van der Waals surface area (Å²) in [6.45, 7) is 0.716. The van der Waals surface area contributed by atoms with Gasteiger partial charge in [-0.2, -0.15) is 4.31 Å². The van der Waals surface area contributed by atoms with Gasteiger partial charge < -0.3 is 10.7 Å². The Kier molecular flexibility index (Phi) is 3.33. The van der Waals surface area contributed by atoms with Crippen molar-refractivity contribution in [2.75, 3.05) is 13.1 Å². The van der Waals surface area contributed by atoms with Crippen molar-refractivity contribution in [2.24, 2.45) is 5.73 Å². The molecule has 0 unspecified atom stereocenters. The molecule has 0 radical (unpaired) electrons. The van der Waals surface area contributed by atoms with E-state index in [0.717, 1.165) is 5.56 Å². The van der Waals surface area contributed by atoms with Crippen LogP contribution in [-0.4, -0.2) is 41.8 Å². The highest BCUT2D eigenvalue weighted by Gasteiger charge is 2.38. The Morgan fingerprint density at radius 1 is 1.25 bits per heavy atom. The molecule has 2 heterocycles. The molecule has 1 aromatic carbocycles. The third kappa shape index (κ3) is 2.24. The quantitative estimate of drug-likeness (QED) is 0.863. The van der Waals surface area contributed by atoms with Crippen molar-refractivity contribution in [1.29, 1.82) is 0 Å². The molecule has 6 nitrogen and oxygen atoms in total. The van der Waals surface area contributed by atoms with Crippen molar-refractivity contribution >= 4 is 10.0 Å². The Labute approximate surface area is 117 Å². The first-order chi connectivity index (χ1) is 9.59. The second-order valence-corrected chi connectivity index (χ2v) is 6.83. The second-order valence-electron chi connectivity index (χ2n) is 4.92. The van der Waals surface area contributed by atoms with E-state index in [1.807, 2.05) is 30.3 Å². The molecule has 1 aromatic heterocycles. The Balaban J connectivity index is 1.86. The number of rotatable bonds is 3. The monoisotopic (exact) mass is 292 g/mol. The third-order valence-corrected chi connectivity index (χ3v) is 5.41. The molecule has 0 aliphatic carbocycles. The molecule has 20 heavy (non-hydrogen) atoms. The smallest absolute Gasteiger partial charge is 0.260 e. The molecule has 3 N–H and O–H groups in total. The van der Waals surface area contributed by atoms with Crippen LogP contribution in [0, 0.1) is 0 Å². The van der Waals surface area contributed by atoms with E-state index in [1.54, 1.807) is 0 Å². The molecule has 1 saturated heterocycles. The predicted molar refractivity (Wildman–Crippen MR) is 74.5 cm³/mol. The van der Waals surface area contributed by atoms with E-state index >= 15 is 0 Å². The summed E-state index contributed by atoms with van der Waals surface area (Å²) in [7, 11) is -3.53. The number of benzene rings is 1. The lowest BCUT2D eigenvalue weighted by Gasteiger charge is -2.15. The minimum Gasteiger partial charge on any atom is -0.335 e. The molecule has 0 spiro atoms. The van der Waals surface area contributed by atoms with Gasteiger partial charge in [-0.3, -0.25) is 0 Å². The molecule has 106 valence electrons. The zero-order chi connectivity index (χ0) is 14.2. The zero-order valence-corrected chi connectivity index (χ0v) is 11.6. The maximum absolute atomic E-state index is 12.4. The Hall–Kier alpha value is -1.70. The Morgan fingerprint density at radius 2 is 2.00 bits per heavy atom. The zero-order valence-electron chi connectivity index (χ0n) is 10.8. The lowest BCUT2D eigenvalue weighted by molar-refractivity contribution is 0.467. The standard InChI is InChI=1S/C13H16N4O2S/c14-12-8-17(20(18,19)13-6-15-9-16-13)7-11(12)10-4-2-1-3-5-10/h1-6,9,11-12H,7-8,14H2,(H,15,16)/t11-,12+/m0/s1. The molecule has 1 aliphatic rings.